The van der Waals surface area contributed by atoms with E-state index < -0.39 is 9.84 Å². The van der Waals surface area contributed by atoms with Gasteiger partial charge in [-0.25, -0.2) is 8.42 Å². The maximum absolute atomic E-state index is 12.9. The van der Waals surface area contributed by atoms with Gasteiger partial charge in [-0.2, -0.15) is 0 Å². The number of benzene rings is 3. The van der Waals surface area contributed by atoms with Crippen LogP contribution in [-0.2, 0) is 9.84 Å². The smallest absolute Gasteiger partial charge is 0.252 e. The summed E-state index contributed by atoms with van der Waals surface area (Å²) in [5.74, 6) is -0.257. The molecule has 0 aliphatic heterocycles. The molecule has 4 nitrogen and oxygen atoms in total. The quantitative estimate of drug-likeness (QED) is 0.706. The van der Waals surface area contributed by atoms with Gasteiger partial charge < -0.3 is 5.32 Å². The molecule has 144 valence electrons. The second-order valence-corrected chi connectivity index (χ2v) is 8.97. The number of sulfone groups is 1. The second-order valence-electron chi connectivity index (χ2n) is 6.96. The zero-order chi connectivity index (χ0) is 20.3. The van der Waals surface area contributed by atoms with E-state index in [1.54, 1.807) is 0 Å². The number of aryl methyl sites for hydroxylation is 2. The fourth-order valence-electron chi connectivity index (χ4n) is 3.02. The molecule has 0 radical (unpaired) electrons. The van der Waals surface area contributed by atoms with Crippen molar-refractivity contribution in [2.75, 3.05) is 6.26 Å². The van der Waals surface area contributed by atoms with E-state index in [0.29, 0.717) is 5.56 Å². The Balaban J connectivity index is 1.93. The van der Waals surface area contributed by atoms with E-state index in [0.717, 1.165) is 22.9 Å². The maximum atomic E-state index is 12.9. The minimum atomic E-state index is -3.29. The highest BCUT2D eigenvalue weighted by Gasteiger charge is 2.19. The number of amides is 1. The Morgan fingerprint density at radius 3 is 2.04 bits per heavy atom. The highest BCUT2D eigenvalue weighted by Crippen LogP contribution is 2.24. The van der Waals surface area contributed by atoms with Gasteiger partial charge in [-0.1, -0.05) is 48.5 Å². The van der Waals surface area contributed by atoms with E-state index in [2.05, 4.69) is 18.3 Å². The molecular weight excluding hydrogens is 370 g/mol. The normalized spacial score (nSPS) is 12.4. The first kappa shape index (κ1) is 19.8. The summed E-state index contributed by atoms with van der Waals surface area (Å²) in [6, 6.07) is 21.6. The van der Waals surface area contributed by atoms with Crippen molar-refractivity contribution in [3.63, 3.8) is 0 Å². The van der Waals surface area contributed by atoms with E-state index in [1.807, 2.05) is 49.4 Å². The van der Waals surface area contributed by atoms with Crippen LogP contribution >= 0.6 is 0 Å². The van der Waals surface area contributed by atoms with Crippen molar-refractivity contribution in [2.24, 2.45) is 0 Å². The molecule has 1 unspecified atom stereocenters. The third kappa shape index (κ3) is 4.49. The molecule has 1 amide bonds. The third-order valence-electron chi connectivity index (χ3n) is 4.82. The lowest BCUT2D eigenvalue weighted by Gasteiger charge is -2.21. The first-order valence-corrected chi connectivity index (χ1v) is 10.9. The lowest BCUT2D eigenvalue weighted by molar-refractivity contribution is 0.0943. The summed E-state index contributed by atoms with van der Waals surface area (Å²) in [6.07, 6.45) is 1.15. The Bertz CT molecular complexity index is 1090. The molecule has 1 N–H and O–H groups in total. The van der Waals surface area contributed by atoms with Gasteiger partial charge >= 0.3 is 0 Å². The second kappa shape index (κ2) is 7.98. The average molecular weight is 394 g/mol. The van der Waals surface area contributed by atoms with Gasteiger partial charge in [0.15, 0.2) is 9.84 Å². The van der Waals surface area contributed by atoms with Gasteiger partial charge in [0.2, 0.25) is 0 Å². The van der Waals surface area contributed by atoms with Gasteiger partial charge in [0, 0.05) is 11.8 Å². The molecule has 0 fully saturated rings. The fraction of sp³-hybridized carbons (Fsp3) is 0.174. The molecule has 0 heterocycles. The average Bonchev–Trinajstić information content (AvgIpc) is 2.68. The van der Waals surface area contributed by atoms with Crippen LogP contribution in [-0.4, -0.2) is 20.6 Å². The van der Waals surface area contributed by atoms with Crippen LogP contribution in [0.4, 0.5) is 0 Å². The van der Waals surface area contributed by atoms with E-state index in [1.165, 1.54) is 29.8 Å². The van der Waals surface area contributed by atoms with Gasteiger partial charge in [0.25, 0.3) is 5.91 Å². The molecule has 28 heavy (non-hydrogen) atoms. The van der Waals surface area contributed by atoms with Crippen LogP contribution in [0, 0.1) is 13.8 Å². The molecule has 3 aromatic rings. The van der Waals surface area contributed by atoms with Crippen molar-refractivity contribution in [3.05, 3.63) is 101 Å². The molecule has 0 saturated carbocycles. The van der Waals surface area contributed by atoms with E-state index in [-0.39, 0.29) is 16.8 Å². The number of hydrogen-bond donors (Lipinski definition) is 1. The Hall–Kier alpha value is -2.92. The molecule has 5 heteroatoms. The highest BCUT2D eigenvalue weighted by molar-refractivity contribution is 7.90. The molecule has 1 atom stereocenters. The molecule has 0 spiro atoms. The van der Waals surface area contributed by atoms with Gasteiger partial charge in [-0.3, -0.25) is 4.79 Å². The first-order chi connectivity index (χ1) is 13.3. The molecular formula is C23H23NO3S. The Morgan fingerprint density at radius 1 is 0.821 bits per heavy atom. The molecule has 0 saturated heterocycles. The Morgan fingerprint density at radius 2 is 1.46 bits per heavy atom. The number of carbonyl (C=O) groups excluding carboxylic acids is 1. The summed E-state index contributed by atoms with van der Waals surface area (Å²) in [5, 5.41) is 3.08. The summed E-state index contributed by atoms with van der Waals surface area (Å²) in [4.78, 5) is 13.0. The van der Waals surface area contributed by atoms with E-state index in [4.69, 9.17) is 0 Å². The molecule has 0 aromatic heterocycles. The summed E-state index contributed by atoms with van der Waals surface area (Å²) >= 11 is 0. The molecule has 0 aliphatic rings. The summed E-state index contributed by atoms with van der Waals surface area (Å²) in [6.45, 7) is 4.10. The summed E-state index contributed by atoms with van der Waals surface area (Å²) < 4.78 is 23.2. The lowest BCUT2D eigenvalue weighted by atomic mass is 9.95. The third-order valence-corrected chi connectivity index (χ3v) is 5.95. The maximum Gasteiger partial charge on any atom is 0.252 e. The Kier molecular flexibility index (Phi) is 5.66. The van der Waals surface area contributed by atoms with Crippen LogP contribution in [0.5, 0.6) is 0 Å². The summed E-state index contributed by atoms with van der Waals surface area (Å²) in [7, 11) is -3.29. The van der Waals surface area contributed by atoms with Crippen molar-refractivity contribution in [1.29, 1.82) is 0 Å². The van der Waals surface area contributed by atoms with Gasteiger partial charge in [-0.05, 0) is 60.4 Å². The van der Waals surface area contributed by atoms with Crippen LogP contribution in [0.25, 0.3) is 0 Å². The summed E-state index contributed by atoms with van der Waals surface area (Å²) in [5.41, 5.74) is 4.74. The van der Waals surface area contributed by atoms with Crippen molar-refractivity contribution in [3.8, 4) is 0 Å². The van der Waals surface area contributed by atoms with Crippen molar-refractivity contribution >= 4 is 15.7 Å². The van der Waals surface area contributed by atoms with Crippen LogP contribution in [0.2, 0.25) is 0 Å². The largest absolute Gasteiger partial charge is 0.341 e. The topological polar surface area (TPSA) is 63.2 Å². The number of rotatable bonds is 5. The predicted molar refractivity (Wildman–Crippen MR) is 111 cm³/mol. The standard InChI is InChI=1S/C23H23NO3S/c1-16-9-10-20(15-17(16)2)22(18-7-5-4-6-8-18)24-23(25)19-11-13-21(14-12-19)28(3,26)27/h4-15,22H,1-3H3,(H,24,25). The van der Waals surface area contributed by atoms with Crippen LogP contribution in [0.3, 0.4) is 0 Å². The van der Waals surface area contributed by atoms with E-state index >= 15 is 0 Å². The predicted octanol–water partition coefficient (Wildman–Crippen LogP) is 4.23. The molecule has 3 aromatic carbocycles. The number of nitrogens with one attached hydrogen (secondary N) is 1. The van der Waals surface area contributed by atoms with Crippen LogP contribution in [0.15, 0.2) is 77.7 Å². The number of hydrogen-bond acceptors (Lipinski definition) is 3. The van der Waals surface area contributed by atoms with E-state index in [9.17, 15) is 13.2 Å². The lowest BCUT2D eigenvalue weighted by Crippen LogP contribution is -2.29. The first-order valence-electron chi connectivity index (χ1n) is 8.99. The highest BCUT2D eigenvalue weighted by atomic mass is 32.2. The minimum absolute atomic E-state index is 0.192. The number of carbonyl (C=O) groups is 1. The minimum Gasteiger partial charge on any atom is -0.341 e. The zero-order valence-corrected chi connectivity index (χ0v) is 17.0. The SMILES string of the molecule is Cc1ccc(C(NC(=O)c2ccc(S(C)(=O)=O)cc2)c2ccccc2)cc1C. The monoisotopic (exact) mass is 393 g/mol. The van der Waals surface area contributed by atoms with Gasteiger partial charge in [0.05, 0.1) is 10.9 Å². The van der Waals surface area contributed by atoms with Crippen molar-refractivity contribution in [1.82, 2.24) is 5.32 Å². The fourth-order valence-corrected chi connectivity index (χ4v) is 3.65. The molecule has 0 aliphatic carbocycles. The zero-order valence-electron chi connectivity index (χ0n) is 16.1. The molecule has 3 rings (SSSR count). The Labute approximate surface area is 166 Å². The van der Waals surface area contributed by atoms with Gasteiger partial charge in [0.1, 0.15) is 0 Å². The van der Waals surface area contributed by atoms with Crippen molar-refractivity contribution < 1.29 is 13.2 Å². The van der Waals surface area contributed by atoms with Crippen molar-refractivity contribution in [2.45, 2.75) is 24.8 Å². The molecule has 0 bridgehead atoms. The van der Waals surface area contributed by atoms with Crippen LogP contribution in [0.1, 0.15) is 38.7 Å². The van der Waals surface area contributed by atoms with Gasteiger partial charge in [-0.15, -0.1) is 0 Å². The van der Waals surface area contributed by atoms with Crippen LogP contribution < -0.4 is 5.32 Å².